The second-order valence-corrected chi connectivity index (χ2v) is 7.43. The van der Waals surface area contributed by atoms with Crippen LogP contribution in [-0.2, 0) is 13.1 Å². The molecule has 3 aromatic rings. The van der Waals surface area contributed by atoms with E-state index < -0.39 is 0 Å². The molecule has 0 saturated heterocycles. The number of rotatable bonds is 6. The molecule has 5 heteroatoms. The lowest BCUT2D eigenvalue weighted by atomic mass is 10.1. The van der Waals surface area contributed by atoms with Crippen LogP contribution < -0.4 is 10.1 Å². The van der Waals surface area contributed by atoms with Gasteiger partial charge in [-0.2, -0.15) is 0 Å². The first-order valence-corrected chi connectivity index (χ1v) is 9.82. The molecule has 3 nitrogen and oxygen atoms in total. The van der Waals surface area contributed by atoms with E-state index in [1.54, 1.807) is 7.11 Å². The highest BCUT2D eigenvalue weighted by atomic mass is 35.5. The molecule has 0 aromatic heterocycles. The number of methoxy groups -OCH3 is 1. The van der Waals surface area contributed by atoms with Crippen LogP contribution in [0.2, 0.25) is 5.02 Å². The zero-order valence-electron chi connectivity index (χ0n) is 16.0. The van der Waals surface area contributed by atoms with E-state index in [1.165, 1.54) is 5.56 Å². The van der Waals surface area contributed by atoms with Gasteiger partial charge in [0, 0.05) is 18.1 Å². The predicted molar refractivity (Wildman–Crippen MR) is 121 cm³/mol. The normalized spacial score (nSPS) is 10.4. The predicted octanol–water partition coefficient (Wildman–Crippen LogP) is 6.06. The molecule has 0 amide bonds. The Balaban J connectivity index is 1.82. The van der Waals surface area contributed by atoms with Gasteiger partial charge in [-0.3, -0.25) is 0 Å². The molecule has 28 heavy (non-hydrogen) atoms. The third-order valence-corrected chi connectivity index (χ3v) is 5.00. The van der Waals surface area contributed by atoms with Crippen molar-refractivity contribution < 1.29 is 4.74 Å². The summed E-state index contributed by atoms with van der Waals surface area (Å²) in [4.78, 5) is 2.13. The SMILES string of the molecule is COc1cc(C)ccc1NC(=S)N(Cc1ccccc1)Cc1ccc(Cl)cc1. The number of thiocarbonyl (C=S) groups is 1. The average molecular weight is 411 g/mol. The first-order chi connectivity index (χ1) is 13.5. The fourth-order valence-corrected chi connectivity index (χ4v) is 3.27. The Labute approximate surface area is 176 Å². The highest BCUT2D eigenvalue weighted by molar-refractivity contribution is 7.80. The lowest BCUT2D eigenvalue weighted by molar-refractivity contribution is 0.409. The van der Waals surface area contributed by atoms with Crippen molar-refractivity contribution in [1.29, 1.82) is 0 Å². The Bertz CT molecular complexity index is 929. The monoisotopic (exact) mass is 410 g/mol. The van der Waals surface area contributed by atoms with Gasteiger partial charge in [0.2, 0.25) is 0 Å². The minimum atomic E-state index is 0.640. The van der Waals surface area contributed by atoms with Crippen molar-refractivity contribution in [3.8, 4) is 5.75 Å². The van der Waals surface area contributed by atoms with E-state index in [1.807, 2.05) is 67.6 Å². The van der Waals surface area contributed by atoms with E-state index in [4.69, 9.17) is 28.6 Å². The number of hydrogen-bond acceptors (Lipinski definition) is 2. The first-order valence-electron chi connectivity index (χ1n) is 9.04. The Morgan fingerprint density at radius 1 is 0.964 bits per heavy atom. The summed E-state index contributed by atoms with van der Waals surface area (Å²) in [5.41, 5.74) is 4.32. The number of aryl methyl sites for hydroxylation is 1. The molecule has 0 radical (unpaired) electrons. The van der Waals surface area contributed by atoms with Gasteiger partial charge in [0.05, 0.1) is 12.8 Å². The van der Waals surface area contributed by atoms with E-state index in [-0.39, 0.29) is 0 Å². The molecule has 0 aliphatic carbocycles. The Morgan fingerprint density at radius 3 is 2.25 bits per heavy atom. The quantitative estimate of drug-likeness (QED) is 0.499. The van der Waals surface area contributed by atoms with Crippen molar-refractivity contribution in [2.24, 2.45) is 0 Å². The van der Waals surface area contributed by atoms with E-state index in [2.05, 4.69) is 22.3 Å². The Kier molecular flexibility index (Phi) is 6.90. The fourth-order valence-electron chi connectivity index (χ4n) is 2.91. The number of ether oxygens (including phenoxy) is 1. The van der Waals surface area contributed by atoms with Gasteiger partial charge in [-0.1, -0.05) is 60.1 Å². The molecule has 3 aromatic carbocycles. The maximum absolute atomic E-state index is 6.03. The van der Waals surface area contributed by atoms with Crippen LogP contribution in [0.3, 0.4) is 0 Å². The minimum Gasteiger partial charge on any atom is -0.495 e. The third-order valence-electron chi connectivity index (χ3n) is 4.39. The van der Waals surface area contributed by atoms with Crippen molar-refractivity contribution in [1.82, 2.24) is 4.90 Å². The summed E-state index contributed by atoms with van der Waals surface area (Å²) in [5, 5.41) is 4.71. The number of hydrogen-bond donors (Lipinski definition) is 1. The molecule has 0 spiro atoms. The summed E-state index contributed by atoms with van der Waals surface area (Å²) in [7, 11) is 1.67. The second kappa shape index (κ2) is 9.58. The Hall–Kier alpha value is -2.56. The molecule has 0 fully saturated rings. The zero-order chi connectivity index (χ0) is 19.9. The number of nitrogens with one attached hydrogen (secondary N) is 1. The summed E-state index contributed by atoms with van der Waals surface area (Å²) < 4.78 is 5.50. The van der Waals surface area contributed by atoms with Gasteiger partial charge < -0.3 is 15.0 Å². The highest BCUT2D eigenvalue weighted by Gasteiger charge is 2.14. The average Bonchev–Trinajstić information content (AvgIpc) is 2.71. The van der Waals surface area contributed by atoms with Crippen LogP contribution in [0.15, 0.2) is 72.8 Å². The van der Waals surface area contributed by atoms with E-state index in [9.17, 15) is 0 Å². The van der Waals surface area contributed by atoms with Gasteiger partial charge in [-0.25, -0.2) is 0 Å². The van der Waals surface area contributed by atoms with Gasteiger partial charge in [-0.15, -0.1) is 0 Å². The third kappa shape index (κ3) is 5.47. The summed E-state index contributed by atoms with van der Waals surface area (Å²) in [6.07, 6.45) is 0. The molecular formula is C23H23ClN2OS. The number of halogens is 1. The van der Waals surface area contributed by atoms with Crippen molar-refractivity contribution in [3.05, 3.63) is 94.5 Å². The fraction of sp³-hybridized carbons (Fsp3) is 0.174. The molecule has 144 valence electrons. The largest absolute Gasteiger partial charge is 0.495 e. The van der Waals surface area contributed by atoms with Crippen molar-refractivity contribution in [3.63, 3.8) is 0 Å². The number of anilines is 1. The van der Waals surface area contributed by atoms with E-state index >= 15 is 0 Å². The molecule has 0 bridgehead atoms. The van der Waals surface area contributed by atoms with Crippen LogP contribution in [0, 0.1) is 6.92 Å². The molecule has 0 aliphatic heterocycles. The smallest absolute Gasteiger partial charge is 0.174 e. The summed E-state index contributed by atoms with van der Waals surface area (Å²) >= 11 is 11.8. The molecule has 0 atom stereocenters. The topological polar surface area (TPSA) is 24.5 Å². The van der Waals surface area contributed by atoms with Crippen molar-refractivity contribution >= 4 is 34.6 Å². The molecule has 0 saturated carbocycles. The molecule has 0 aliphatic rings. The summed E-state index contributed by atoms with van der Waals surface area (Å²) in [6.45, 7) is 3.41. The maximum Gasteiger partial charge on any atom is 0.174 e. The van der Waals surface area contributed by atoms with Crippen molar-refractivity contribution in [2.45, 2.75) is 20.0 Å². The summed E-state index contributed by atoms with van der Waals surface area (Å²) in [6, 6.07) is 24.2. The van der Waals surface area contributed by atoms with Crippen molar-refractivity contribution in [2.75, 3.05) is 12.4 Å². The number of nitrogens with zero attached hydrogens (tertiary/aromatic N) is 1. The standard InChI is InChI=1S/C23H23ClN2OS/c1-17-8-13-21(22(14-17)27-2)25-23(28)26(15-18-6-4-3-5-7-18)16-19-9-11-20(24)12-10-19/h3-14H,15-16H2,1-2H3,(H,25,28). The van der Waals surface area contributed by atoms with Crippen LogP contribution in [-0.4, -0.2) is 17.1 Å². The van der Waals surface area contributed by atoms with Gasteiger partial charge in [0.1, 0.15) is 5.75 Å². The van der Waals surface area contributed by atoms with Crippen LogP contribution in [0.5, 0.6) is 5.75 Å². The lowest BCUT2D eigenvalue weighted by Crippen LogP contribution is -2.34. The first kappa shape index (κ1) is 20.2. The zero-order valence-corrected chi connectivity index (χ0v) is 17.6. The van der Waals surface area contributed by atoms with Gasteiger partial charge in [0.25, 0.3) is 0 Å². The number of benzene rings is 3. The molecule has 1 N–H and O–H groups in total. The highest BCUT2D eigenvalue weighted by Crippen LogP contribution is 2.26. The second-order valence-electron chi connectivity index (χ2n) is 6.60. The molecular weight excluding hydrogens is 388 g/mol. The molecule has 0 unspecified atom stereocenters. The Morgan fingerprint density at radius 2 is 1.61 bits per heavy atom. The van der Waals surface area contributed by atoms with Crippen LogP contribution in [0.1, 0.15) is 16.7 Å². The van der Waals surface area contributed by atoms with E-state index in [0.717, 1.165) is 27.6 Å². The van der Waals surface area contributed by atoms with Gasteiger partial charge in [-0.05, 0) is 60.1 Å². The molecule has 3 rings (SSSR count). The lowest BCUT2D eigenvalue weighted by Gasteiger charge is -2.27. The summed E-state index contributed by atoms with van der Waals surface area (Å²) in [5.74, 6) is 0.772. The van der Waals surface area contributed by atoms with Crippen LogP contribution in [0.25, 0.3) is 0 Å². The maximum atomic E-state index is 6.03. The van der Waals surface area contributed by atoms with Crippen LogP contribution in [0.4, 0.5) is 5.69 Å². The van der Waals surface area contributed by atoms with Crippen LogP contribution >= 0.6 is 23.8 Å². The minimum absolute atomic E-state index is 0.640. The van der Waals surface area contributed by atoms with Gasteiger partial charge in [0.15, 0.2) is 5.11 Å². The molecule has 0 heterocycles. The van der Waals surface area contributed by atoms with Gasteiger partial charge >= 0.3 is 0 Å². The van der Waals surface area contributed by atoms with E-state index in [0.29, 0.717) is 18.2 Å².